The Bertz CT molecular complexity index is 701. The molecule has 0 aliphatic carbocycles. The SMILES string of the molecule is CCC(=O)Oc1cccc(I)c1COc1ccc(CC)cc1F. The quantitative estimate of drug-likeness (QED) is 0.374. The Kier molecular flexibility index (Phi) is 6.38. The van der Waals surface area contributed by atoms with E-state index < -0.39 is 0 Å². The van der Waals surface area contributed by atoms with Crippen molar-refractivity contribution in [1.82, 2.24) is 0 Å². The van der Waals surface area contributed by atoms with Crippen LogP contribution in [0.15, 0.2) is 36.4 Å². The lowest BCUT2D eigenvalue weighted by molar-refractivity contribution is -0.134. The maximum atomic E-state index is 14.0. The van der Waals surface area contributed by atoms with Gasteiger partial charge >= 0.3 is 5.97 Å². The van der Waals surface area contributed by atoms with Crippen LogP contribution in [0.3, 0.4) is 0 Å². The van der Waals surface area contributed by atoms with Crippen molar-refractivity contribution in [3.63, 3.8) is 0 Å². The molecule has 0 saturated heterocycles. The highest BCUT2D eigenvalue weighted by molar-refractivity contribution is 14.1. The number of halogens is 2. The average Bonchev–Trinajstić information content (AvgIpc) is 2.55. The molecular weight excluding hydrogens is 410 g/mol. The number of ether oxygens (including phenoxy) is 2. The van der Waals surface area contributed by atoms with E-state index >= 15 is 0 Å². The topological polar surface area (TPSA) is 35.5 Å². The maximum absolute atomic E-state index is 14.0. The first-order valence-electron chi connectivity index (χ1n) is 7.44. The van der Waals surface area contributed by atoms with Crippen LogP contribution >= 0.6 is 22.6 Å². The molecule has 0 heterocycles. The second kappa shape index (κ2) is 8.29. The van der Waals surface area contributed by atoms with Crippen molar-refractivity contribution in [2.45, 2.75) is 33.3 Å². The number of hydrogen-bond acceptors (Lipinski definition) is 3. The van der Waals surface area contributed by atoms with Gasteiger partial charge in [-0.2, -0.15) is 0 Å². The highest BCUT2D eigenvalue weighted by Gasteiger charge is 2.13. The van der Waals surface area contributed by atoms with Crippen LogP contribution in [0, 0.1) is 9.39 Å². The number of rotatable bonds is 6. The number of esters is 1. The molecule has 0 radical (unpaired) electrons. The van der Waals surface area contributed by atoms with E-state index in [1.807, 2.05) is 19.1 Å². The summed E-state index contributed by atoms with van der Waals surface area (Å²) in [6.07, 6.45) is 1.06. The van der Waals surface area contributed by atoms with E-state index in [1.165, 1.54) is 6.07 Å². The number of carbonyl (C=O) groups is 1. The zero-order chi connectivity index (χ0) is 16.8. The van der Waals surface area contributed by atoms with Crippen LogP contribution in [-0.2, 0) is 17.8 Å². The van der Waals surface area contributed by atoms with E-state index in [0.29, 0.717) is 12.2 Å². The number of carbonyl (C=O) groups excluding carboxylic acids is 1. The molecule has 0 aromatic heterocycles. The van der Waals surface area contributed by atoms with Crippen LogP contribution in [0.4, 0.5) is 4.39 Å². The molecule has 23 heavy (non-hydrogen) atoms. The average molecular weight is 428 g/mol. The molecule has 0 aliphatic heterocycles. The van der Waals surface area contributed by atoms with Gasteiger partial charge in [0.2, 0.25) is 0 Å². The molecular formula is C18H18FIO3. The highest BCUT2D eigenvalue weighted by Crippen LogP contribution is 2.27. The van der Waals surface area contributed by atoms with Crippen molar-refractivity contribution in [3.8, 4) is 11.5 Å². The van der Waals surface area contributed by atoms with Gasteiger partial charge in [-0.15, -0.1) is 0 Å². The van der Waals surface area contributed by atoms with Gasteiger partial charge in [-0.3, -0.25) is 4.79 Å². The van der Waals surface area contributed by atoms with Crippen LogP contribution in [0.25, 0.3) is 0 Å². The first-order valence-corrected chi connectivity index (χ1v) is 8.52. The van der Waals surface area contributed by atoms with E-state index in [-0.39, 0.29) is 24.1 Å². The fraction of sp³-hybridized carbons (Fsp3) is 0.278. The van der Waals surface area contributed by atoms with Crippen molar-refractivity contribution in [1.29, 1.82) is 0 Å². The highest BCUT2D eigenvalue weighted by atomic mass is 127. The largest absolute Gasteiger partial charge is 0.486 e. The Morgan fingerprint density at radius 1 is 1.17 bits per heavy atom. The predicted molar refractivity (Wildman–Crippen MR) is 95.2 cm³/mol. The number of benzene rings is 2. The predicted octanol–water partition coefficient (Wildman–Crippen LogP) is 4.89. The first-order chi connectivity index (χ1) is 11.0. The van der Waals surface area contributed by atoms with Crippen molar-refractivity contribution in [2.75, 3.05) is 0 Å². The molecule has 0 aliphatic rings. The third-order valence-corrected chi connectivity index (χ3v) is 4.38. The van der Waals surface area contributed by atoms with E-state index in [2.05, 4.69) is 22.6 Å². The van der Waals surface area contributed by atoms with Gasteiger partial charge < -0.3 is 9.47 Å². The smallest absolute Gasteiger partial charge is 0.310 e. The third kappa shape index (κ3) is 4.67. The van der Waals surface area contributed by atoms with E-state index in [0.717, 1.165) is 21.1 Å². The fourth-order valence-electron chi connectivity index (χ4n) is 2.00. The molecule has 5 heteroatoms. The molecule has 0 N–H and O–H groups in total. The molecule has 3 nitrogen and oxygen atoms in total. The van der Waals surface area contributed by atoms with Gasteiger partial charge in [0.1, 0.15) is 12.4 Å². The Labute approximate surface area is 148 Å². The monoisotopic (exact) mass is 428 g/mol. The van der Waals surface area contributed by atoms with Crippen LogP contribution < -0.4 is 9.47 Å². The second-order valence-electron chi connectivity index (χ2n) is 4.95. The third-order valence-electron chi connectivity index (χ3n) is 3.36. The minimum absolute atomic E-state index is 0.133. The fourth-order valence-corrected chi connectivity index (χ4v) is 2.63. The summed E-state index contributed by atoms with van der Waals surface area (Å²) in [7, 11) is 0. The van der Waals surface area contributed by atoms with Gasteiger partial charge in [-0.1, -0.05) is 26.0 Å². The van der Waals surface area contributed by atoms with Crippen molar-refractivity contribution < 1.29 is 18.7 Å². The van der Waals surface area contributed by atoms with Crippen molar-refractivity contribution in [2.24, 2.45) is 0 Å². The number of aryl methyl sites for hydroxylation is 1. The minimum atomic E-state index is -0.387. The van der Waals surface area contributed by atoms with Gasteiger partial charge in [0.05, 0.1) is 0 Å². The van der Waals surface area contributed by atoms with Crippen molar-refractivity contribution >= 4 is 28.6 Å². The molecule has 0 atom stereocenters. The zero-order valence-corrected chi connectivity index (χ0v) is 15.2. The summed E-state index contributed by atoms with van der Waals surface area (Å²) in [5, 5.41) is 0. The molecule has 2 aromatic rings. The Balaban J connectivity index is 2.18. The van der Waals surface area contributed by atoms with Gasteiger partial charge in [0.25, 0.3) is 0 Å². The second-order valence-corrected chi connectivity index (χ2v) is 6.11. The summed E-state index contributed by atoms with van der Waals surface area (Å²) in [6.45, 7) is 3.83. The normalized spacial score (nSPS) is 10.4. The lowest BCUT2D eigenvalue weighted by Gasteiger charge is -2.13. The summed E-state index contributed by atoms with van der Waals surface area (Å²) in [5.74, 6) is -0.0573. The van der Waals surface area contributed by atoms with Crippen LogP contribution in [0.5, 0.6) is 11.5 Å². The lowest BCUT2D eigenvalue weighted by atomic mass is 10.1. The molecule has 0 amide bonds. The summed E-state index contributed by atoms with van der Waals surface area (Å²) < 4.78 is 25.8. The molecule has 0 bridgehead atoms. The van der Waals surface area contributed by atoms with Crippen LogP contribution in [-0.4, -0.2) is 5.97 Å². The number of hydrogen-bond donors (Lipinski definition) is 0. The van der Waals surface area contributed by atoms with Crippen LogP contribution in [0.1, 0.15) is 31.4 Å². The summed E-state index contributed by atoms with van der Waals surface area (Å²) >= 11 is 2.14. The van der Waals surface area contributed by atoms with E-state index in [1.54, 1.807) is 25.1 Å². The van der Waals surface area contributed by atoms with Gasteiger partial charge in [-0.05, 0) is 58.8 Å². The minimum Gasteiger partial charge on any atom is -0.486 e. The molecule has 2 aromatic carbocycles. The maximum Gasteiger partial charge on any atom is 0.310 e. The summed E-state index contributed by atoms with van der Waals surface area (Å²) in [4.78, 5) is 11.5. The Morgan fingerprint density at radius 2 is 1.96 bits per heavy atom. The van der Waals surface area contributed by atoms with Crippen LogP contribution in [0.2, 0.25) is 0 Å². The molecule has 0 fully saturated rings. The molecule has 0 spiro atoms. The summed E-state index contributed by atoms with van der Waals surface area (Å²) in [6, 6.07) is 10.3. The Hall–Kier alpha value is -1.63. The van der Waals surface area contributed by atoms with E-state index in [4.69, 9.17) is 9.47 Å². The molecule has 0 unspecified atom stereocenters. The zero-order valence-electron chi connectivity index (χ0n) is 13.1. The van der Waals surface area contributed by atoms with E-state index in [9.17, 15) is 9.18 Å². The van der Waals surface area contributed by atoms with Gasteiger partial charge in [-0.25, -0.2) is 4.39 Å². The first kappa shape index (κ1) is 17.7. The molecule has 2 rings (SSSR count). The lowest BCUT2D eigenvalue weighted by Crippen LogP contribution is -2.09. The summed E-state index contributed by atoms with van der Waals surface area (Å²) in [5.41, 5.74) is 1.65. The Morgan fingerprint density at radius 3 is 2.61 bits per heavy atom. The standard InChI is InChI=1S/C18H18FIO3/c1-3-12-8-9-17(14(19)10-12)22-11-13-15(20)6-5-7-16(13)23-18(21)4-2/h5-10H,3-4,11H2,1-2H3. The molecule has 122 valence electrons. The van der Waals surface area contributed by atoms with Gasteiger partial charge in [0.15, 0.2) is 11.6 Å². The molecule has 0 saturated carbocycles. The van der Waals surface area contributed by atoms with Gasteiger partial charge in [0, 0.05) is 15.6 Å². The van der Waals surface area contributed by atoms with Crippen molar-refractivity contribution in [3.05, 3.63) is 56.9 Å².